The molecule has 5 heteroatoms. The highest BCUT2D eigenvalue weighted by Gasteiger charge is 2.38. The molecule has 23 heavy (non-hydrogen) atoms. The number of thioether (sulfide) groups is 1. The zero-order valence-electron chi connectivity index (χ0n) is 13.0. The topological polar surface area (TPSA) is 33.2 Å². The van der Waals surface area contributed by atoms with Crippen molar-refractivity contribution in [3.8, 4) is 0 Å². The van der Waals surface area contributed by atoms with Crippen LogP contribution in [0, 0.1) is 11.8 Å². The van der Waals surface area contributed by atoms with E-state index in [2.05, 4.69) is 21.3 Å². The Kier molecular flexibility index (Phi) is 4.40. The molecule has 1 aromatic heterocycles. The second kappa shape index (κ2) is 6.65. The lowest BCUT2D eigenvalue weighted by molar-refractivity contribution is 0.0777. The number of fused-ring (bicyclic) bond motifs is 1. The number of likely N-dealkylation sites (tertiary alicyclic amines) is 1. The lowest BCUT2D eigenvalue weighted by Gasteiger charge is -2.19. The summed E-state index contributed by atoms with van der Waals surface area (Å²) in [6, 6.07) is 8.01. The van der Waals surface area contributed by atoms with Crippen LogP contribution in [-0.2, 0) is 5.75 Å². The van der Waals surface area contributed by atoms with Gasteiger partial charge < -0.3 is 4.90 Å². The van der Waals surface area contributed by atoms with E-state index in [1.807, 2.05) is 23.7 Å². The Balaban J connectivity index is 1.48. The van der Waals surface area contributed by atoms with Crippen LogP contribution in [-0.4, -0.2) is 28.9 Å². The highest BCUT2D eigenvalue weighted by atomic mass is 32.2. The molecule has 2 heterocycles. The SMILES string of the molecule is O=C(c1ccccc1SCc1cscn1)N1C[C@H]2CCC[C@@H]2C1. The molecule has 3 nitrogen and oxygen atoms in total. The monoisotopic (exact) mass is 344 g/mol. The van der Waals surface area contributed by atoms with Crippen LogP contribution in [0.1, 0.15) is 35.3 Å². The predicted molar refractivity (Wildman–Crippen MR) is 94.9 cm³/mol. The van der Waals surface area contributed by atoms with Crippen molar-refractivity contribution in [2.75, 3.05) is 13.1 Å². The van der Waals surface area contributed by atoms with Crippen LogP contribution >= 0.6 is 23.1 Å². The zero-order valence-corrected chi connectivity index (χ0v) is 14.6. The Hall–Kier alpha value is -1.33. The number of nitrogens with zero attached hydrogens (tertiary/aromatic N) is 2. The van der Waals surface area contributed by atoms with E-state index < -0.39 is 0 Å². The van der Waals surface area contributed by atoms with Gasteiger partial charge in [0, 0.05) is 29.1 Å². The van der Waals surface area contributed by atoms with Crippen LogP contribution in [0.3, 0.4) is 0 Å². The molecule has 0 unspecified atom stereocenters. The first-order valence-electron chi connectivity index (χ1n) is 8.19. The molecule has 1 amide bonds. The minimum Gasteiger partial charge on any atom is -0.338 e. The van der Waals surface area contributed by atoms with E-state index in [1.54, 1.807) is 23.1 Å². The molecule has 2 fully saturated rings. The highest BCUT2D eigenvalue weighted by molar-refractivity contribution is 7.98. The van der Waals surface area contributed by atoms with Crippen LogP contribution in [0.2, 0.25) is 0 Å². The van der Waals surface area contributed by atoms with E-state index in [1.165, 1.54) is 19.3 Å². The van der Waals surface area contributed by atoms with Gasteiger partial charge in [0.2, 0.25) is 0 Å². The van der Waals surface area contributed by atoms with E-state index in [4.69, 9.17) is 0 Å². The van der Waals surface area contributed by atoms with Gasteiger partial charge in [0.05, 0.1) is 16.8 Å². The summed E-state index contributed by atoms with van der Waals surface area (Å²) < 4.78 is 0. The third kappa shape index (κ3) is 3.17. The first-order valence-corrected chi connectivity index (χ1v) is 10.1. The zero-order chi connectivity index (χ0) is 15.6. The molecule has 0 radical (unpaired) electrons. The van der Waals surface area contributed by atoms with Gasteiger partial charge in [-0.2, -0.15) is 0 Å². The van der Waals surface area contributed by atoms with Crippen molar-refractivity contribution >= 4 is 29.0 Å². The van der Waals surface area contributed by atoms with E-state index in [9.17, 15) is 4.79 Å². The molecule has 1 aliphatic carbocycles. The van der Waals surface area contributed by atoms with Crippen LogP contribution < -0.4 is 0 Å². The molecular formula is C18H20N2OS2. The molecule has 1 saturated carbocycles. The van der Waals surface area contributed by atoms with Gasteiger partial charge >= 0.3 is 0 Å². The molecule has 2 aliphatic rings. The first kappa shape index (κ1) is 15.2. The van der Waals surface area contributed by atoms with Gasteiger partial charge in [-0.05, 0) is 36.8 Å². The average Bonchev–Trinajstić information content (AvgIpc) is 3.29. The van der Waals surface area contributed by atoms with Gasteiger partial charge in [-0.15, -0.1) is 23.1 Å². The smallest absolute Gasteiger partial charge is 0.255 e. The number of amides is 1. The summed E-state index contributed by atoms with van der Waals surface area (Å²) in [6.07, 6.45) is 3.95. The molecule has 0 spiro atoms. The van der Waals surface area contributed by atoms with Crippen molar-refractivity contribution in [2.24, 2.45) is 11.8 Å². The normalized spacial score (nSPS) is 23.2. The molecule has 4 rings (SSSR count). The summed E-state index contributed by atoms with van der Waals surface area (Å²) in [6.45, 7) is 1.91. The number of hydrogen-bond acceptors (Lipinski definition) is 4. The van der Waals surface area contributed by atoms with Gasteiger partial charge in [0.1, 0.15) is 0 Å². The average molecular weight is 345 g/mol. The van der Waals surface area contributed by atoms with Crippen LogP contribution in [0.25, 0.3) is 0 Å². The third-order valence-corrected chi connectivity index (χ3v) is 6.73. The van der Waals surface area contributed by atoms with Crippen LogP contribution in [0.4, 0.5) is 0 Å². The number of carbonyl (C=O) groups excluding carboxylic acids is 1. The summed E-state index contributed by atoms with van der Waals surface area (Å²) in [7, 11) is 0. The fraction of sp³-hybridized carbons (Fsp3) is 0.444. The number of hydrogen-bond donors (Lipinski definition) is 0. The molecular weight excluding hydrogens is 324 g/mol. The molecule has 0 N–H and O–H groups in total. The minimum absolute atomic E-state index is 0.209. The molecule has 1 aliphatic heterocycles. The lowest BCUT2D eigenvalue weighted by Crippen LogP contribution is -2.29. The fourth-order valence-corrected chi connectivity index (χ4v) is 5.41. The lowest BCUT2D eigenvalue weighted by atomic mass is 10.0. The van der Waals surface area contributed by atoms with E-state index in [0.29, 0.717) is 0 Å². The molecule has 0 bridgehead atoms. The Bertz CT molecular complexity index is 674. The fourth-order valence-electron chi connectivity index (χ4n) is 3.80. The van der Waals surface area contributed by atoms with Gasteiger partial charge in [0.25, 0.3) is 5.91 Å². The van der Waals surface area contributed by atoms with Crippen molar-refractivity contribution in [1.82, 2.24) is 9.88 Å². The van der Waals surface area contributed by atoms with Crippen molar-refractivity contribution in [2.45, 2.75) is 29.9 Å². The quantitative estimate of drug-likeness (QED) is 0.775. The Morgan fingerprint density at radius 3 is 2.78 bits per heavy atom. The van der Waals surface area contributed by atoms with Gasteiger partial charge in [-0.3, -0.25) is 4.79 Å². The Labute approximate surface area is 145 Å². The second-order valence-corrected chi connectivity index (χ2v) is 8.16. The van der Waals surface area contributed by atoms with E-state index in [-0.39, 0.29) is 5.91 Å². The predicted octanol–water partition coefficient (Wildman–Crippen LogP) is 4.31. The van der Waals surface area contributed by atoms with Crippen LogP contribution in [0.15, 0.2) is 40.1 Å². The summed E-state index contributed by atoms with van der Waals surface area (Å²) in [5, 5.41) is 2.07. The van der Waals surface area contributed by atoms with Gasteiger partial charge in [0.15, 0.2) is 0 Å². The van der Waals surface area contributed by atoms with Crippen molar-refractivity contribution in [1.29, 1.82) is 0 Å². The van der Waals surface area contributed by atoms with Crippen molar-refractivity contribution in [3.05, 3.63) is 46.4 Å². The highest BCUT2D eigenvalue weighted by Crippen LogP contribution is 2.38. The molecule has 1 aromatic carbocycles. The molecule has 1 saturated heterocycles. The standard InChI is InChI=1S/C18H20N2OS2/c21-18(20-8-13-4-3-5-14(13)9-20)16-6-1-2-7-17(16)23-11-15-10-22-12-19-15/h1-2,6-7,10,12-14H,3-5,8-9,11H2/t13-,14-/m1/s1. The van der Waals surface area contributed by atoms with Gasteiger partial charge in [-0.25, -0.2) is 4.98 Å². The summed E-state index contributed by atoms with van der Waals surface area (Å²) >= 11 is 3.33. The van der Waals surface area contributed by atoms with E-state index >= 15 is 0 Å². The summed E-state index contributed by atoms with van der Waals surface area (Å²) in [4.78, 5) is 20.4. The molecule has 2 aromatic rings. The number of benzene rings is 1. The third-order valence-electron chi connectivity index (χ3n) is 4.99. The number of aromatic nitrogens is 1. The summed E-state index contributed by atoms with van der Waals surface area (Å²) in [5.41, 5.74) is 3.79. The van der Waals surface area contributed by atoms with Crippen molar-refractivity contribution in [3.63, 3.8) is 0 Å². The number of rotatable bonds is 4. The summed E-state index contributed by atoms with van der Waals surface area (Å²) in [5.74, 6) is 2.52. The van der Waals surface area contributed by atoms with Gasteiger partial charge in [-0.1, -0.05) is 18.6 Å². The molecule has 2 atom stereocenters. The maximum Gasteiger partial charge on any atom is 0.255 e. The Morgan fingerprint density at radius 2 is 2.04 bits per heavy atom. The maximum atomic E-state index is 13.0. The maximum absolute atomic E-state index is 13.0. The number of thiazole rings is 1. The largest absolute Gasteiger partial charge is 0.338 e. The van der Waals surface area contributed by atoms with Crippen LogP contribution in [0.5, 0.6) is 0 Å². The van der Waals surface area contributed by atoms with E-state index in [0.717, 1.165) is 46.8 Å². The second-order valence-electron chi connectivity index (χ2n) is 6.43. The number of carbonyl (C=O) groups is 1. The Morgan fingerprint density at radius 1 is 1.26 bits per heavy atom. The van der Waals surface area contributed by atoms with Crippen molar-refractivity contribution < 1.29 is 4.79 Å². The minimum atomic E-state index is 0.209. The molecule has 120 valence electrons. The first-order chi connectivity index (χ1) is 11.3.